The number of rotatable bonds is 6. The maximum Gasteiger partial charge on any atom is 0.307 e. The summed E-state index contributed by atoms with van der Waals surface area (Å²) in [4.78, 5) is 28.1. The molecule has 10 nitrogen and oxygen atoms in total. The van der Waals surface area contributed by atoms with E-state index in [4.69, 9.17) is 4.42 Å². The van der Waals surface area contributed by atoms with Crippen LogP contribution in [0.2, 0.25) is 0 Å². The molecular formula is C23H16N6O4S. The smallest absolute Gasteiger partial charge is 0.307 e. The van der Waals surface area contributed by atoms with Gasteiger partial charge < -0.3 is 4.42 Å². The number of aryl methyl sites for hydroxylation is 1. The van der Waals surface area contributed by atoms with Gasteiger partial charge in [-0.3, -0.25) is 20.0 Å². The van der Waals surface area contributed by atoms with E-state index >= 15 is 0 Å². The minimum absolute atomic E-state index is 0.114. The molecule has 0 radical (unpaired) electrons. The highest BCUT2D eigenvalue weighted by Gasteiger charge is 2.18. The van der Waals surface area contributed by atoms with Crippen molar-refractivity contribution in [3.05, 3.63) is 87.9 Å². The Hall–Kier alpha value is -4.51. The number of aromatic amines is 1. The lowest BCUT2D eigenvalue weighted by molar-refractivity contribution is -0.387. The molecule has 0 saturated heterocycles. The molecular weight excluding hydrogens is 456 g/mol. The molecule has 3 aromatic carbocycles. The van der Waals surface area contributed by atoms with E-state index in [9.17, 15) is 14.9 Å². The van der Waals surface area contributed by atoms with E-state index in [1.54, 1.807) is 25.1 Å². The quantitative estimate of drug-likeness (QED) is 0.205. The van der Waals surface area contributed by atoms with Gasteiger partial charge in [0.2, 0.25) is 5.16 Å². The Morgan fingerprint density at radius 2 is 2.03 bits per heavy atom. The second-order valence-corrected chi connectivity index (χ2v) is 8.31. The molecule has 0 unspecified atom stereocenters. The van der Waals surface area contributed by atoms with Crippen LogP contribution in [-0.4, -0.2) is 32.2 Å². The van der Waals surface area contributed by atoms with Crippen LogP contribution in [0.1, 0.15) is 21.9 Å². The maximum atomic E-state index is 12.5. The van der Waals surface area contributed by atoms with Gasteiger partial charge in [-0.25, -0.2) is 10.4 Å². The van der Waals surface area contributed by atoms with Gasteiger partial charge in [0, 0.05) is 17.0 Å². The third kappa shape index (κ3) is 4.24. The Kier molecular flexibility index (Phi) is 5.52. The summed E-state index contributed by atoms with van der Waals surface area (Å²) in [7, 11) is 0. The normalized spacial score (nSPS) is 11.4. The number of nitro benzene ring substituents is 1. The molecule has 0 aliphatic heterocycles. The Morgan fingerprint density at radius 1 is 1.18 bits per heavy atom. The number of benzene rings is 3. The number of fused-ring (bicyclic) bond motifs is 3. The number of nitro groups is 1. The van der Waals surface area contributed by atoms with E-state index in [0.29, 0.717) is 27.0 Å². The van der Waals surface area contributed by atoms with Crippen molar-refractivity contribution in [2.75, 3.05) is 0 Å². The number of hydrogen-bond acceptors (Lipinski definition) is 8. The predicted octanol–water partition coefficient (Wildman–Crippen LogP) is 4.84. The van der Waals surface area contributed by atoms with Crippen molar-refractivity contribution in [1.82, 2.24) is 20.6 Å². The van der Waals surface area contributed by atoms with Crippen LogP contribution in [0.3, 0.4) is 0 Å². The number of furan rings is 1. The fraction of sp³-hybridized carbons (Fsp3) is 0.0435. The summed E-state index contributed by atoms with van der Waals surface area (Å²) < 4.78 is 5.67. The van der Waals surface area contributed by atoms with Crippen molar-refractivity contribution in [2.24, 2.45) is 5.10 Å². The molecule has 0 bridgehead atoms. The molecule has 2 aromatic heterocycles. The standard InChI is InChI=1S/C23H16N6O4S/c1-13-25-23(28-26-13)34-21-9-6-14(10-18(21)29(31)32)12-24-27-22(30)20-11-17-16-5-3-2-4-15(16)7-8-19(17)33-20/h2-12H,1H3,(H,27,30)(H,25,26,28)/b24-12+. The fourth-order valence-electron chi connectivity index (χ4n) is 3.43. The SMILES string of the molecule is Cc1nc(Sc2ccc(/C=N/NC(=O)c3cc4c(ccc5ccccc54)o3)cc2[N+](=O)[O-])n[nH]1. The van der Waals surface area contributed by atoms with Crippen LogP contribution in [0, 0.1) is 17.0 Å². The molecule has 0 aliphatic carbocycles. The molecule has 2 N–H and O–H groups in total. The zero-order valence-electron chi connectivity index (χ0n) is 17.7. The summed E-state index contributed by atoms with van der Waals surface area (Å²) in [6, 6.07) is 17.8. The zero-order chi connectivity index (χ0) is 23.7. The van der Waals surface area contributed by atoms with Gasteiger partial charge in [0.25, 0.3) is 5.69 Å². The zero-order valence-corrected chi connectivity index (χ0v) is 18.5. The van der Waals surface area contributed by atoms with Gasteiger partial charge in [-0.1, -0.05) is 36.4 Å². The third-order valence-electron chi connectivity index (χ3n) is 4.99. The number of hydrazone groups is 1. The molecule has 2 heterocycles. The monoisotopic (exact) mass is 472 g/mol. The second kappa shape index (κ2) is 8.79. The lowest BCUT2D eigenvalue weighted by Crippen LogP contribution is -2.16. The first-order valence-corrected chi connectivity index (χ1v) is 10.9. The third-order valence-corrected chi connectivity index (χ3v) is 5.92. The molecule has 0 spiro atoms. The minimum Gasteiger partial charge on any atom is -0.451 e. The largest absolute Gasteiger partial charge is 0.451 e. The van der Waals surface area contributed by atoms with E-state index in [0.717, 1.165) is 27.9 Å². The number of amides is 1. The van der Waals surface area contributed by atoms with Gasteiger partial charge in [-0.2, -0.15) is 5.10 Å². The Bertz CT molecular complexity index is 1590. The first kappa shape index (κ1) is 21.3. The van der Waals surface area contributed by atoms with Gasteiger partial charge in [-0.05, 0) is 47.7 Å². The highest BCUT2D eigenvalue weighted by atomic mass is 32.2. The van der Waals surface area contributed by atoms with Crippen molar-refractivity contribution in [3.63, 3.8) is 0 Å². The van der Waals surface area contributed by atoms with Crippen LogP contribution >= 0.6 is 11.8 Å². The number of hydrogen-bond donors (Lipinski definition) is 2. The average molecular weight is 472 g/mol. The fourth-order valence-corrected chi connectivity index (χ4v) is 4.28. The van der Waals surface area contributed by atoms with Gasteiger partial charge in [-0.15, -0.1) is 5.10 Å². The summed E-state index contributed by atoms with van der Waals surface area (Å²) >= 11 is 1.08. The number of nitrogens with one attached hydrogen (secondary N) is 2. The topological polar surface area (TPSA) is 139 Å². The number of H-pyrrole nitrogens is 1. The predicted molar refractivity (Wildman–Crippen MR) is 127 cm³/mol. The minimum atomic E-state index is -0.529. The molecule has 5 rings (SSSR count). The van der Waals surface area contributed by atoms with Gasteiger partial charge in [0.05, 0.1) is 16.0 Å². The number of carbonyl (C=O) groups excluding carboxylic acids is 1. The van der Waals surface area contributed by atoms with E-state index < -0.39 is 10.8 Å². The van der Waals surface area contributed by atoms with Crippen LogP contribution in [0.15, 0.2) is 80.2 Å². The summed E-state index contributed by atoms with van der Waals surface area (Å²) in [5, 5.41) is 25.4. The van der Waals surface area contributed by atoms with E-state index in [1.165, 1.54) is 12.3 Å². The molecule has 168 valence electrons. The Balaban J connectivity index is 1.33. The van der Waals surface area contributed by atoms with E-state index in [2.05, 4.69) is 25.7 Å². The molecule has 34 heavy (non-hydrogen) atoms. The molecule has 0 saturated carbocycles. The highest BCUT2D eigenvalue weighted by Crippen LogP contribution is 2.33. The number of aromatic nitrogens is 3. The van der Waals surface area contributed by atoms with Gasteiger partial charge >= 0.3 is 5.91 Å². The summed E-state index contributed by atoms with van der Waals surface area (Å²) in [5.74, 6) is 0.198. The van der Waals surface area contributed by atoms with E-state index in [1.807, 2.05) is 36.4 Å². The molecule has 11 heteroatoms. The molecule has 0 aliphatic rings. The van der Waals surface area contributed by atoms with Crippen LogP contribution < -0.4 is 5.43 Å². The van der Waals surface area contributed by atoms with Crippen LogP contribution in [-0.2, 0) is 0 Å². The lowest BCUT2D eigenvalue weighted by atomic mass is 10.1. The van der Waals surface area contributed by atoms with Crippen molar-refractivity contribution in [3.8, 4) is 0 Å². The van der Waals surface area contributed by atoms with Crippen LogP contribution in [0.25, 0.3) is 21.7 Å². The first-order chi connectivity index (χ1) is 16.5. The van der Waals surface area contributed by atoms with Crippen LogP contribution in [0.5, 0.6) is 0 Å². The van der Waals surface area contributed by atoms with Crippen molar-refractivity contribution in [1.29, 1.82) is 0 Å². The van der Waals surface area contributed by atoms with Crippen molar-refractivity contribution in [2.45, 2.75) is 17.0 Å². The maximum absolute atomic E-state index is 12.5. The highest BCUT2D eigenvalue weighted by molar-refractivity contribution is 7.99. The van der Waals surface area contributed by atoms with E-state index in [-0.39, 0.29) is 11.4 Å². The summed E-state index contributed by atoms with van der Waals surface area (Å²) in [6.45, 7) is 1.74. The molecule has 0 atom stereocenters. The first-order valence-electron chi connectivity index (χ1n) is 10.1. The van der Waals surface area contributed by atoms with Crippen molar-refractivity contribution >= 4 is 51.3 Å². The molecule has 5 aromatic rings. The Morgan fingerprint density at radius 3 is 2.82 bits per heavy atom. The molecule has 0 fully saturated rings. The average Bonchev–Trinajstić information content (AvgIpc) is 3.46. The van der Waals surface area contributed by atoms with Gasteiger partial charge in [0.1, 0.15) is 11.4 Å². The lowest BCUT2D eigenvalue weighted by Gasteiger charge is -2.01. The summed E-state index contributed by atoms with van der Waals surface area (Å²) in [6.07, 6.45) is 1.33. The molecule has 1 amide bonds. The van der Waals surface area contributed by atoms with Crippen molar-refractivity contribution < 1.29 is 14.1 Å². The number of nitrogens with zero attached hydrogens (tertiary/aromatic N) is 4. The van der Waals surface area contributed by atoms with Gasteiger partial charge in [0.15, 0.2) is 5.76 Å². The number of carbonyl (C=O) groups is 1. The second-order valence-electron chi connectivity index (χ2n) is 7.30. The summed E-state index contributed by atoms with van der Waals surface area (Å²) in [5.41, 5.74) is 3.32. The van der Waals surface area contributed by atoms with Crippen LogP contribution in [0.4, 0.5) is 5.69 Å². The Labute approximate surface area is 196 Å².